The molecular formula is C10H17N3O2S2. The minimum Gasteiger partial charge on any atom is -0.332 e. The second-order valence-electron chi connectivity index (χ2n) is 4.17. The SMILES string of the molecule is Cc1ncc(S(=O)(=O)NCC2CCCCS2)[nH]1. The number of aryl methyl sites for hydroxylation is 1. The van der Waals surface area contributed by atoms with Gasteiger partial charge in [-0.15, -0.1) is 0 Å². The Morgan fingerprint density at radius 1 is 1.59 bits per heavy atom. The molecule has 2 heterocycles. The molecule has 1 aliphatic rings. The first-order valence-corrected chi connectivity index (χ1v) is 8.24. The van der Waals surface area contributed by atoms with Crippen LogP contribution in [0.1, 0.15) is 25.1 Å². The van der Waals surface area contributed by atoms with Crippen LogP contribution in [0.2, 0.25) is 0 Å². The average molecular weight is 275 g/mol. The third-order valence-electron chi connectivity index (χ3n) is 2.74. The van der Waals surface area contributed by atoms with Crippen LogP contribution >= 0.6 is 11.8 Å². The first-order chi connectivity index (χ1) is 8.08. The molecule has 0 aromatic carbocycles. The zero-order valence-electron chi connectivity index (χ0n) is 9.77. The summed E-state index contributed by atoms with van der Waals surface area (Å²) < 4.78 is 26.4. The number of hydrogen-bond donors (Lipinski definition) is 2. The van der Waals surface area contributed by atoms with Crippen molar-refractivity contribution in [2.75, 3.05) is 12.3 Å². The summed E-state index contributed by atoms with van der Waals surface area (Å²) in [5.41, 5.74) is 0. The van der Waals surface area contributed by atoms with E-state index in [1.165, 1.54) is 19.0 Å². The second kappa shape index (κ2) is 5.41. The van der Waals surface area contributed by atoms with Crippen LogP contribution in [0, 0.1) is 6.92 Å². The molecule has 5 nitrogen and oxygen atoms in total. The minimum absolute atomic E-state index is 0.149. The number of hydrogen-bond acceptors (Lipinski definition) is 4. The van der Waals surface area contributed by atoms with E-state index in [1.54, 1.807) is 6.92 Å². The molecule has 1 unspecified atom stereocenters. The molecule has 96 valence electrons. The second-order valence-corrected chi connectivity index (χ2v) is 7.32. The van der Waals surface area contributed by atoms with Gasteiger partial charge in [-0.25, -0.2) is 18.1 Å². The molecule has 17 heavy (non-hydrogen) atoms. The van der Waals surface area contributed by atoms with Gasteiger partial charge in [0, 0.05) is 11.8 Å². The summed E-state index contributed by atoms with van der Waals surface area (Å²) in [4.78, 5) is 6.63. The monoisotopic (exact) mass is 275 g/mol. The van der Waals surface area contributed by atoms with E-state index < -0.39 is 10.0 Å². The predicted molar refractivity (Wildman–Crippen MR) is 68.6 cm³/mol. The third-order valence-corrected chi connectivity index (χ3v) is 5.48. The van der Waals surface area contributed by atoms with E-state index in [1.807, 2.05) is 11.8 Å². The lowest BCUT2D eigenvalue weighted by molar-refractivity contribution is 0.570. The van der Waals surface area contributed by atoms with Crippen molar-refractivity contribution in [1.82, 2.24) is 14.7 Å². The first kappa shape index (κ1) is 12.9. The van der Waals surface area contributed by atoms with Gasteiger partial charge in [-0.1, -0.05) is 6.42 Å². The number of nitrogens with zero attached hydrogens (tertiary/aromatic N) is 1. The summed E-state index contributed by atoms with van der Waals surface area (Å²) in [6.07, 6.45) is 4.89. The summed E-state index contributed by atoms with van der Waals surface area (Å²) in [7, 11) is -3.42. The zero-order chi connectivity index (χ0) is 12.3. The average Bonchev–Trinajstić information content (AvgIpc) is 2.76. The van der Waals surface area contributed by atoms with Crippen molar-refractivity contribution in [2.24, 2.45) is 0 Å². The molecular weight excluding hydrogens is 258 g/mol. The van der Waals surface area contributed by atoms with E-state index in [0.29, 0.717) is 17.6 Å². The molecule has 1 aromatic heterocycles. The van der Waals surface area contributed by atoms with Gasteiger partial charge in [-0.2, -0.15) is 11.8 Å². The Kier molecular flexibility index (Phi) is 4.11. The number of H-pyrrole nitrogens is 1. The molecule has 0 radical (unpaired) electrons. The van der Waals surface area contributed by atoms with Gasteiger partial charge in [-0.05, 0) is 25.5 Å². The Morgan fingerprint density at radius 3 is 3.00 bits per heavy atom. The molecule has 1 aliphatic heterocycles. The Labute approximate surface area is 106 Å². The van der Waals surface area contributed by atoms with E-state index in [-0.39, 0.29) is 5.03 Å². The Morgan fingerprint density at radius 2 is 2.41 bits per heavy atom. The Bertz CT molecular complexity index is 464. The van der Waals surface area contributed by atoms with Crippen molar-refractivity contribution in [2.45, 2.75) is 36.5 Å². The van der Waals surface area contributed by atoms with Crippen molar-refractivity contribution in [3.05, 3.63) is 12.0 Å². The molecule has 0 spiro atoms. The third kappa shape index (κ3) is 3.46. The lowest BCUT2D eigenvalue weighted by Gasteiger charge is -2.21. The van der Waals surface area contributed by atoms with E-state index >= 15 is 0 Å². The summed E-state index contributed by atoms with van der Waals surface area (Å²) in [5, 5.41) is 0.554. The molecule has 0 bridgehead atoms. The van der Waals surface area contributed by atoms with Crippen LogP contribution in [0.15, 0.2) is 11.2 Å². The number of sulfonamides is 1. The van der Waals surface area contributed by atoms with Gasteiger partial charge in [0.15, 0.2) is 5.03 Å². The molecule has 2 rings (SSSR count). The summed E-state index contributed by atoms with van der Waals surface area (Å²) >= 11 is 1.85. The maximum Gasteiger partial charge on any atom is 0.257 e. The zero-order valence-corrected chi connectivity index (χ0v) is 11.4. The fourth-order valence-corrected chi connectivity index (χ4v) is 4.18. The number of thioether (sulfide) groups is 1. The number of rotatable bonds is 4. The number of aromatic amines is 1. The van der Waals surface area contributed by atoms with Crippen molar-refractivity contribution < 1.29 is 8.42 Å². The Balaban J connectivity index is 1.93. The van der Waals surface area contributed by atoms with Gasteiger partial charge in [0.1, 0.15) is 5.82 Å². The molecule has 0 saturated carbocycles. The van der Waals surface area contributed by atoms with Gasteiger partial charge < -0.3 is 4.98 Å². The van der Waals surface area contributed by atoms with E-state index in [9.17, 15) is 8.42 Å². The van der Waals surface area contributed by atoms with Gasteiger partial charge in [-0.3, -0.25) is 0 Å². The van der Waals surface area contributed by atoms with Gasteiger partial charge in [0.25, 0.3) is 10.0 Å². The van der Waals surface area contributed by atoms with Crippen LogP contribution in [0.4, 0.5) is 0 Å². The van der Waals surface area contributed by atoms with Crippen LogP contribution in [0.3, 0.4) is 0 Å². The van der Waals surface area contributed by atoms with Crippen molar-refractivity contribution in [3.63, 3.8) is 0 Å². The molecule has 0 amide bonds. The molecule has 1 fully saturated rings. The Hall–Kier alpha value is -0.530. The maximum atomic E-state index is 11.9. The van der Waals surface area contributed by atoms with Crippen LogP contribution in [-0.4, -0.2) is 35.9 Å². The highest BCUT2D eigenvalue weighted by Gasteiger charge is 2.20. The predicted octanol–water partition coefficient (Wildman–Crippen LogP) is 1.28. The molecule has 2 N–H and O–H groups in total. The first-order valence-electron chi connectivity index (χ1n) is 5.71. The molecule has 1 atom stereocenters. The normalized spacial score (nSPS) is 21.6. The fourth-order valence-electron chi connectivity index (χ4n) is 1.78. The van der Waals surface area contributed by atoms with Crippen LogP contribution in [0.25, 0.3) is 0 Å². The van der Waals surface area contributed by atoms with Crippen LogP contribution in [-0.2, 0) is 10.0 Å². The van der Waals surface area contributed by atoms with Crippen molar-refractivity contribution in [3.8, 4) is 0 Å². The summed E-state index contributed by atoms with van der Waals surface area (Å²) in [5.74, 6) is 1.74. The quantitative estimate of drug-likeness (QED) is 0.868. The summed E-state index contributed by atoms with van der Waals surface area (Å²) in [6.45, 7) is 2.24. The topological polar surface area (TPSA) is 74.8 Å². The summed E-state index contributed by atoms with van der Waals surface area (Å²) in [6, 6.07) is 0. The highest BCUT2D eigenvalue weighted by Crippen LogP contribution is 2.24. The van der Waals surface area contributed by atoms with Crippen LogP contribution < -0.4 is 4.72 Å². The van der Waals surface area contributed by atoms with Gasteiger partial charge in [0.05, 0.1) is 6.20 Å². The standard InChI is InChI=1S/C10H17N3O2S2/c1-8-11-7-10(13-8)17(14,15)12-6-9-4-2-3-5-16-9/h7,9,12H,2-6H2,1H3,(H,11,13). The minimum atomic E-state index is -3.42. The highest BCUT2D eigenvalue weighted by atomic mass is 32.2. The highest BCUT2D eigenvalue weighted by molar-refractivity contribution is 8.00. The lowest BCUT2D eigenvalue weighted by Crippen LogP contribution is -2.32. The number of aromatic nitrogens is 2. The van der Waals surface area contributed by atoms with Gasteiger partial charge >= 0.3 is 0 Å². The smallest absolute Gasteiger partial charge is 0.257 e. The van der Waals surface area contributed by atoms with Crippen molar-refractivity contribution >= 4 is 21.8 Å². The van der Waals surface area contributed by atoms with Gasteiger partial charge in [0.2, 0.25) is 0 Å². The largest absolute Gasteiger partial charge is 0.332 e. The van der Waals surface area contributed by atoms with E-state index in [0.717, 1.165) is 12.2 Å². The number of nitrogens with one attached hydrogen (secondary N) is 2. The van der Waals surface area contributed by atoms with Crippen LogP contribution in [0.5, 0.6) is 0 Å². The molecule has 1 aromatic rings. The molecule has 1 saturated heterocycles. The molecule has 0 aliphatic carbocycles. The number of imidazole rings is 1. The van der Waals surface area contributed by atoms with E-state index in [4.69, 9.17) is 0 Å². The fraction of sp³-hybridized carbons (Fsp3) is 0.700. The maximum absolute atomic E-state index is 11.9. The molecule has 7 heteroatoms. The van der Waals surface area contributed by atoms with Crippen molar-refractivity contribution in [1.29, 1.82) is 0 Å². The van der Waals surface area contributed by atoms with E-state index in [2.05, 4.69) is 14.7 Å². The lowest BCUT2D eigenvalue weighted by atomic mass is 10.2.